The molecule has 0 aromatic heterocycles. The van der Waals surface area contributed by atoms with Crippen molar-refractivity contribution in [2.24, 2.45) is 5.92 Å². The van der Waals surface area contributed by atoms with Crippen LogP contribution in [0.25, 0.3) is 0 Å². The molecule has 48 heavy (non-hydrogen) atoms. The monoisotopic (exact) mass is 650 g/mol. The van der Waals surface area contributed by atoms with Gasteiger partial charge in [0.15, 0.2) is 11.2 Å². The summed E-state index contributed by atoms with van der Waals surface area (Å²) in [5, 5.41) is 29.5. The summed E-state index contributed by atoms with van der Waals surface area (Å²) in [6.07, 6.45) is 0.963. The lowest BCUT2D eigenvalue weighted by atomic mass is 9.70. The van der Waals surface area contributed by atoms with Crippen LogP contribution in [0.3, 0.4) is 0 Å². The molecule has 3 N–H and O–H groups in total. The number of unbranched alkanes of at least 4 members (excludes halogenated alkanes) is 1. The third-order valence-corrected chi connectivity index (χ3v) is 10.1. The Bertz CT molecular complexity index is 1840. The van der Waals surface area contributed by atoms with Crippen LogP contribution in [0, 0.1) is 5.92 Å². The van der Waals surface area contributed by atoms with Crippen molar-refractivity contribution in [3.05, 3.63) is 119 Å². The van der Waals surface area contributed by atoms with Crippen LogP contribution in [0.5, 0.6) is 23.0 Å². The number of benzene rings is 4. The maximum Gasteiger partial charge on any atom is 0.251 e. The third-order valence-electron chi connectivity index (χ3n) is 10.1. The van der Waals surface area contributed by atoms with Crippen molar-refractivity contribution in [3.8, 4) is 23.0 Å². The molecule has 0 radical (unpaired) electrons. The summed E-state index contributed by atoms with van der Waals surface area (Å²) in [4.78, 5) is 28.6. The van der Waals surface area contributed by atoms with Crippen LogP contribution >= 0.6 is 0 Å². The van der Waals surface area contributed by atoms with Crippen LogP contribution in [-0.4, -0.2) is 67.1 Å². The van der Waals surface area contributed by atoms with Crippen molar-refractivity contribution in [3.63, 3.8) is 0 Å². The van der Waals surface area contributed by atoms with E-state index in [4.69, 9.17) is 18.9 Å². The van der Waals surface area contributed by atoms with Crippen molar-refractivity contribution in [2.75, 3.05) is 34.4 Å². The molecule has 1 saturated heterocycles. The minimum atomic E-state index is -2.28. The molecule has 4 bridgehead atoms. The van der Waals surface area contributed by atoms with Gasteiger partial charge in [-0.05, 0) is 42.7 Å². The Morgan fingerprint density at radius 3 is 2.15 bits per heavy atom. The van der Waals surface area contributed by atoms with Crippen LogP contribution in [0.15, 0.2) is 97.1 Å². The average molecular weight is 651 g/mol. The average Bonchev–Trinajstić information content (AvgIpc) is 3.35. The summed E-state index contributed by atoms with van der Waals surface area (Å²) in [5.74, 6) is -1.04. The van der Waals surface area contributed by atoms with Crippen molar-refractivity contribution < 1.29 is 38.7 Å². The van der Waals surface area contributed by atoms with Crippen molar-refractivity contribution in [1.29, 1.82) is 0 Å². The van der Waals surface area contributed by atoms with Crippen LogP contribution < -0.4 is 24.3 Å². The number of nitrogens with one attached hydrogen (secondary N) is 1. The number of aliphatic hydroxyl groups is 2. The lowest BCUT2D eigenvalue weighted by Gasteiger charge is -2.56. The first kappa shape index (κ1) is 31.5. The fraction of sp³-hybridized carbons (Fsp3) is 0.316. The summed E-state index contributed by atoms with van der Waals surface area (Å²) in [7, 11) is 4.55. The number of piperidine rings is 1. The second-order valence-corrected chi connectivity index (χ2v) is 12.4. The van der Waals surface area contributed by atoms with E-state index in [1.165, 1.54) is 19.1 Å². The van der Waals surface area contributed by atoms with Gasteiger partial charge in [-0.25, -0.2) is 0 Å². The summed E-state index contributed by atoms with van der Waals surface area (Å²) < 4.78 is 23.8. The topological polar surface area (TPSA) is 127 Å². The van der Waals surface area contributed by atoms with Crippen LogP contribution in [0.2, 0.25) is 0 Å². The minimum Gasteiger partial charge on any atom is -0.497 e. The number of likely N-dealkylation sites (tertiary alicyclic amines) is 1. The molecule has 2 aliphatic heterocycles. The smallest absolute Gasteiger partial charge is 0.251 e. The first-order chi connectivity index (χ1) is 23.3. The number of hydrogen-bond donors (Lipinski definition) is 3. The summed E-state index contributed by atoms with van der Waals surface area (Å²) in [6, 6.07) is 28.7. The molecule has 1 saturated carbocycles. The van der Waals surface area contributed by atoms with E-state index in [-0.39, 0.29) is 29.5 Å². The molecule has 4 aromatic rings. The maximum atomic E-state index is 14.7. The van der Waals surface area contributed by atoms with Gasteiger partial charge in [-0.1, -0.05) is 60.7 Å². The zero-order valence-corrected chi connectivity index (χ0v) is 27.0. The molecular formula is C38H38N2O8. The summed E-state index contributed by atoms with van der Waals surface area (Å²) in [6.45, 7) is 0.469. The number of carbonyl (C=O) groups is 2. The molecule has 2 heterocycles. The summed E-state index contributed by atoms with van der Waals surface area (Å²) in [5.41, 5.74) is -4.07. The fourth-order valence-corrected chi connectivity index (χ4v) is 8.11. The van der Waals surface area contributed by atoms with Gasteiger partial charge < -0.3 is 39.4 Å². The minimum absolute atomic E-state index is 0.103. The predicted molar refractivity (Wildman–Crippen MR) is 176 cm³/mol. The molecule has 248 valence electrons. The van der Waals surface area contributed by atoms with Gasteiger partial charge in [-0.3, -0.25) is 9.59 Å². The van der Waals surface area contributed by atoms with Crippen molar-refractivity contribution in [2.45, 2.75) is 35.7 Å². The number of ether oxygens (including phenoxy) is 4. The number of amides is 2. The Balaban J connectivity index is 1.34. The molecule has 1 aliphatic carbocycles. The van der Waals surface area contributed by atoms with Gasteiger partial charge in [0.1, 0.15) is 23.0 Å². The Kier molecular flexibility index (Phi) is 7.80. The highest BCUT2D eigenvalue weighted by molar-refractivity contribution is 5.94. The molecule has 5 unspecified atom stereocenters. The first-order valence-electron chi connectivity index (χ1n) is 16.0. The van der Waals surface area contributed by atoms with Gasteiger partial charge in [0, 0.05) is 42.3 Å². The van der Waals surface area contributed by atoms with Gasteiger partial charge in [-0.15, -0.1) is 0 Å². The molecule has 7 rings (SSSR count). The Morgan fingerprint density at radius 1 is 0.833 bits per heavy atom. The number of nitrogens with zero attached hydrogens (tertiary/aromatic N) is 1. The first-order valence-corrected chi connectivity index (χ1v) is 16.0. The standard InChI is InChI=1S/C38H38N2O8/c1-45-27-18-16-26(17-19-27)37-31(24-12-6-4-7-13-24)33-35(42)40(21-11-10-20-39-34(41)25-14-8-5-9-15-25)38(37,44)36(33,43)32-29(47-3)22-28(46-2)23-30(32)48-37/h4-9,12-19,22-23,31,33,43-44H,10-11,20-21H2,1-3H3,(H,39,41). The third kappa shape index (κ3) is 4.25. The predicted octanol–water partition coefficient (Wildman–Crippen LogP) is 4.34. The zero-order chi connectivity index (χ0) is 33.7. The number of fused-ring (bicyclic) bond motifs is 1. The Labute approximate surface area is 278 Å². The quantitative estimate of drug-likeness (QED) is 0.205. The van der Waals surface area contributed by atoms with E-state index in [2.05, 4.69) is 5.32 Å². The Morgan fingerprint density at radius 2 is 1.50 bits per heavy atom. The molecular weight excluding hydrogens is 612 g/mol. The van der Waals surface area contributed by atoms with E-state index in [0.717, 1.165) is 5.56 Å². The van der Waals surface area contributed by atoms with E-state index in [9.17, 15) is 19.8 Å². The molecule has 4 aromatic carbocycles. The second kappa shape index (κ2) is 11.9. The van der Waals surface area contributed by atoms with Crippen LogP contribution in [-0.2, 0) is 16.0 Å². The highest BCUT2D eigenvalue weighted by Gasteiger charge is 2.90. The van der Waals surface area contributed by atoms with E-state index in [1.54, 1.807) is 67.8 Å². The number of hydrogen-bond acceptors (Lipinski definition) is 8. The van der Waals surface area contributed by atoms with Crippen molar-refractivity contribution >= 4 is 11.8 Å². The highest BCUT2D eigenvalue weighted by Crippen LogP contribution is 2.76. The lowest BCUT2D eigenvalue weighted by Crippen LogP contribution is -2.71. The number of carbonyl (C=O) groups excluding carboxylic acids is 2. The largest absolute Gasteiger partial charge is 0.497 e. The van der Waals surface area contributed by atoms with E-state index in [0.29, 0.717) is 42.0 Å². The van der Waals surface area contributed by atoms with Crippen LogP contribution in [0.4, 0.5) is 0 Å². The van der Waals surface area contributed by atoms with E-state index in [1.807, 2.05) is 36.4 Å². The van der Waals surface area contributed by atoms with Gasteiger partial charge in [0.25, 0.3) is 5.91 Å². The maximum absolute atomic E-state index is 14.7. The SMILES string of the molecule is COc1ccc(C23Oc4cc(OC)cc(OC)c4C4(O)C(C(=O)N(CCCCNC(=O)c5ccccc5)C42O)C3c2ccccc2)cc1. The number of rotatable bonds is 11. The lowest BCUT2D eigenvalue weighted by molar-refractivity contribution is -0.279. The van der Waals surface area contributed by atoms with Crippen molar-refractivity contribution in [1.82, 2.24) is 10.2 Å². The highest BCUT2D eigenvalue weighted by atomic mass is 16.5. The molecule has 10 heteroatoms. The molecule has 2 fully saturated rings. The Hall–Kier alpha value is -5.06. The molecule has 5 atom stereocenters. The molecule has 10 nitrogen and oxygen atoms in total. The molecule has 0 spiro atoms. The summed E-state index contributed by atoms with van der Waals surface area (Å²) >= 11 is 0. The second-order valence-electron chi connectivity index (χ2n) is 12.4. The van der Waals surface area contributed by atoms with Gasteiger partial charge in [0.2, 0.25) is 11.6 Å². The van der Waals surface area contributed by atoms with Crippen LogP contribution in [0.1, 0.15) is 45.8 Å². The van der Waals surface area contributed by atoms with Gasteiger partial charge in [-0.2, -0.15) is 0 Å². The zero-order valence-electron chi connectivity index (χ0n) is 27.0. The number of methoxy groups -OCH3 is 3. The van der Waals surface area contributed by atoms with E-state index < -0.39 is 34.7 Å². The fourth-order valence-electron chi connectivity index (χ4n) is 8.11. The van der Waals surface area contributed by atoms with Gasteiger partial charge in [0.05, 0.1) is 32.8 Å². The van der Waals surface area contributed by atoms with Gasteiger partial charge >= 0.3 is 0 Å². The molecule has 3 aliphatic rings. The normalized spacial score (nSPS) is 26.4. The van der Waals surface area contributed by atoms with E-state index >= 15 is 0 Å². The molecule has 2 amide bonds.